The zero-order valence-corrected chi connectivity index (χ0v) is 16.0. The van der Waals surface area contributed by atoms with E-state index in [-0.39, 0.29) is 17.8 Å². The highest BCUT2D eigenvalue weighted by Crippen LogP contribution is 2.37. The lowest BCUT2D eigenvalue weighted by Crippen LogP contribution is -2.41. The van der Waals surface area contributed by atoms with E-state index >= 15 is 0 Å². The van der Waals surface area contributed by atoms with Crippen molar-refractivity contribution in [1.82, 2.24) is 14.9 Å². The summed E-state index contributed by atoms with van der Waals surface area (Å²) in [5, 5.41) is 11.2. The summed E-state index contributed by atoms with van der Waals surface area (Å²) in [5.74, 6) is 0.875. The number of carbonyl (C=O) groups is 1. The SMILES string of the molecule is COc1ccc(NC(=O)[C@@H]2Sc3nnc(C)n3N[C@H]2c2ccc(F)cc2)cc1. The van der Waals surface area contributed by atoms with Gasteiger partial charge in [-0.25, -0.2) is 9.07 Å². The van der Waals surface area contributed by atoms with Gasteiger partial charge in [-0.2, -0.15) is 0 Å². The number of hydrogen-bond donors (Lipinski definition) is 2. The zero-order chi connectivity index (χ0) is 19.7. The Morgan fingerprint density at radius 3 is 2.57 bits per heavy atom. The number of nitrogens with one attached hydrogen (secondary N) is 2. The number of carbonyl (C=O) groups excluding carboxylic acids is 1. The van der Waals surface area contributed by atoms with Crippen LogP contribution in [0.25, 0.3) is 0 Å². The summed E-state index contributed by atoms with van der Waals surface area (Å²) in [7, 11) is 1.59. The van der Waals surface area contributed by atoms with Gasteiger partial charge in [-0.05, 0) is 48.9 Å². The van der Waals surface area contributed by atoms with Crippen LogP contribution in [0.4, 0.5) is 10.1 Å². The Morgan fingerprint density at radius 2 is 1.89 bits per heavy atom. The van der Waals surface area contributed by atoms with Crippen LogP contribution in [0.5, 0.6) is 5.75 Å². The standard InChI is InChI=1S/C19H18FN5O2S/c1-11-22-23-19-25(11)24-16(12-3-5-13(20)6-4-12)17(28-19)18(26)21-14-7-9-15(27-2)10-8-14/h3-10,16-17,24H,1-2H3,(H,21,26)/t16-,17+/m0/s1. The number of aryl methyl sites for hydroxylation is 1. The van der Waals surface area contributed by atoms with E-state index in [9.17, 15) is 9.18 Å². The van der Waals surface area contributed by atoms with E-state index in [1.807, 2.05) is 6.92 Å². The highest BCUT2D eigenvalue weighted by Gasteiger charge is 2.37. The van der Waals surface area contributed by atoms with Crippen LogP contribution < -0.4 is 15.5 Å². The number of hydrogen-bond acceptors (Lipinski definition) is 6. The van der Waals surface area contributed by atoms with E-state index < -0.39 is 5.25 Å². The fourth-order valence-electron chi connectivity index (χ4n) is 2.97. The predicted octanol–water partition coefficient (Wildman–Crippen LogP) is 3.13. The lowest BCUT2D eigenvalue weighted by molar-refractivity contribution is -0.116. The van der Waals surface area contributed by atoms with Gasteiger partial charge in [-0.1, -0.05) is 23.9 Å². The lowest BCUT2D eigenvalue weighted by Gasteiger charge is -2.32. The van der Waals surface area contributed by atoms with Gasteiger partial charge in [0, 0.05) is 5.69 Å². The molecule has 3 aromatic rings. The minimum Gasteiger partial charge on any atom is -0.497 e. The highest BCUT2D eigenvalue weighted by atomic mass is 32.2. The maximum Gasteiger partial charge on any atom is 0.240 e. The van der Waals surface area contributed by atoms with Crippen molar-refractivity contribution in [2.24, 2.45) is 0 Å². The third-order valence-electron chi connectivity index (χ3n) is 4.44. The molecule has 0 unspecified atom stereocenters. The van der Waals surface area contributed by atoms with Crippen molar-refractivity contribution < 1.29 is 13.9 Å². The molecule has 0 fully saturated rings. The van der Waals surface area contributed by atoms with E-state index in [0.717, 1.165) is 5.56 Å². The van der Waals surface area contributed by atoms with Crippen molar-refractivity contribution in [3.63, 3.8) is 0 Å². The van der Waals surface area contributed by atoms with Crippen LogP contribution in [0, 0.1) is 12.7 Å². The Morgan fingerprint density at radius 1 is 1.18 bits per heavy atom. The van der Waals surface area contributed by atoms with Gasteiger partial charge >= 0.3 is 0 Å². The van der Waals surface area contributed by atoms with Crippen LogP contribution >= 0.6 is 11.8 Å². The van der Waals surface area contributed by atoms with Crippen molar-refractivity contribution in [1.29, 1.82) is 0 Å². The monoisotopic (exact) mass is 399 g/mol. The second-order valence-corrected chi connectivity index (χ2v) is 7.39. The quantitative estimate of drug-likeness (QED) is 0.702. The molecule has 1 aromatic heterocycles. The number of aromatic nitrogens is 3. The number of benzene rings is 2. The first-order valence-electron chi connectivity index (χ1n) is 8.61. The van der Waals surface area contributed by atoms with Gasteiger partial charge in [0.1, 0.15) is 22.6 Å². The molecule has 1 aliphatic rings. The Kier molecular flexibility index (Phi) is 4.91. The molecule has 9 heteroatoms. The molecular weight excluding hydrogens is 381 g/mol. The van der Waals surface area contributed by atoms with E-state index in [1.54, 1.807) is 48.2 Å². The number of methoxy groups -OCH3 is 1. The molecule has 0 aliphatic carbocycles. The fraction of sp³-hybridized carbons (Fsp3) is 0.211. The molecule has 4 rings (SSSR count). The van der Waals surface area contributed by atoms with Gasteiger partial charge in [0.15, 0.2) is 0 Å². The molecule has 7 nitrogen and oxygen atoms in total. The van der Waals surface area contributed by atoms with Crippen molar-refractivity contribution >= 4 is 23.4 Å². The van der Waals surface area contributed by atoms with Crippen LogP contribution in [0.2, 0.25) is 0 Å². The second-order valence-electron chi connectivity index (χ2n) is 6.28. The van der Waals surface area contributed by atoms with Crippen LogP contribution in [0.1, 0.15) is 17.4 Å². The summed E-state index contributed by atoms with van der Waals surface area (Å²) in [6.07, 6.45) is 0. The molecule has 0 saturated carbocycles. The van der Waals surface area contributed by atoms with Gasteiger partial charge in [0.25, 0.3) is 0 Å². The first-order chi connectivity index (χ1) is 13.5. The predicted molar refractivity (Wildman–Crippen MR) is 105 cm³/mol. The molecule has 2 N–H and O–H groups in total. The summed E-state index contributed by atoms with van der Waals surface area (Å²) < 4.78 is 20.3. The second kappa shape index (κ2) is 7.51. The topological polar surface area (TPSA) is 81.1 Å². The van der Waals surface area contributed by atoms with Crippen molar-refractivity contribution in [2.75, 3.05) is 17.9 Å². The molecule has 1 amide bonds. The van der Waals surface area contributed by atoms with Gasteiger partial charge < -0.3 is 15.5 Å². The number of anilines is 1. The Balaban J connectivity index is 1.62. The molecule has 2 heterocycles. The van der Waals surface area contributed by atoms with E-state index in [0.29, 0.717) is 22.4 Å². The third kappa shape index (κ3) is 3.53. The minimum absolute atomic E-state index is 0.191. The van der Waals surface area contributed by atoms with Crippen LogP contribution in [0.15, 0.2) is 53.7 Å². The average molecular weight is 399 g/mol. The third-order valence-corrected chi connectivity index (χ3v) is 5.66. The molecule has 2 aromatic carbocycles. The largest absolute Gasteiger partial charge is 0.497 e. The zero-order valence-electron chi connectivity index (χ0n) is 15.2. The van der Waals surface area contributed by atoms with Crippen molar-refractivity contribution in [2.45, 2.75) is 23.4 Å². The molecule has 1 aliphatic heterocycles. The molecule has 0 saturated heterocycles. The van der Waals surface area contributed by atoms with E-state index in [2.05, 4.69) is 20.9 Å². The number of amides is 1. The number of fused-ring (bicyclic) bond motifs is 1. The Labute approximate surface area is 165 Å². The van der Waals surface area contributed by atoms with Gasteiger partial charge in [0.05, 0.1) is 13.2 Å². The molecule has 2 atom stereocenters. The minimum atomic E-state index is -0.524. The van der Waals surface area contributed by atoms with Gasteiger partial charge in [-0.3, -0.25) is 4.79 Å². The molecule has 0 bridgehead atoms. The maximum absolute atomic E-state index is 13.4. The maximum atomic E-state index is 13.4. The van der Waals surface area contributed by atoms with Gasteiger partial charge in [-0.15, -0.1) is 10.2 Å². The Bertz CT molecular complexity index is 991. The van der Waals surface area contributed by atoms with Crippen molar-refractivity contribution in [3.05, 3.63) is 65.7 Å². The van der Waals surface area contributed by atoms with Crippen molar-refractivity contribution in [3.8, 4) is 5.75 Å². The number of halogens is 1. The summed E-state index contributed by atoms with van der Waals surface area (Å²) >= 11 is 1.32. The van der Waals surface area contributed by atoms with Gasteiger partial charge in [0.2, 0.25) is 11.1 Å². The smallest absolute Gasteiger partial charge is 0.240 e. The number of thioether (sulfide) groups is 1. The lowest BCUT2D eigenvalue weighted by atomic mass is 10.0. The van der Waals surface area contributed by atoms with Crippen LogP contribution in [0.3, 0.4) is 0 Å². The normalized spacial score (nSPS) is 18.1. The average Bonchev–Trinajstić information content (AvgIpc) is 3.08. The number of ether oxygens (including phenoxy) is 1. The first kappa shape index (κ1) is 18.3. The summed E-state index contributed by atoms with van der Waals surface area (Å²) in [6.45, 7) is 1.82. The van der Waals surface area contributed by atoms with Crippen LogP contribution in [-0.2, 0) is 4.79 Å². The molecule has 28 heavy (non-hydrogen) atoms. The van der Waals surface area contributed by atoms with E-state index in [1.165, 1.54) is 23.9 Å². The number of nitrogens with zero attached hydrogens (tertiary/aromatic N) is 3. The van der Waals surface area contributed by atoms with Crippen LogP contribution in [-0.4, -0.2) is 33.1 Å². The molecule has 144 valence electrons. The van der Waals surface area contributed by atoms with E-state index in [4.69, 9.17) is 4.74 Å². The molecule has 0 spiro atoms. The highest BCUT2D eigenvalue weighted by molar-refractivity contribution is 8.00. The first-order valence-corrected chi connectivity index (χ1v) is 9.49. The molecule has 0 radical (unpaired) electrons. The number of rotatable bonds is 4. The Hall–Kier alpha value is -3.07. The summed E-state index contributed by atoms with van der Waals surface area (Å²) in [4.78, 5) is 13.1. The fourth-order valence-corrected chi connectivity index (χ4v) is 4.09. The summed E-state index contributed by atoms with van der Waals surface area (Å²) in [6, 6.07) is 12.8. The molecular formula is C19H18FN5O2S. The summed E-state index contributed by atoms with van der Waals surface area (Å²) in [5.41, 5.74) is 4.74.